The molecule has 1 fully saturated rings. The van der Waals surface area contributed by atoms with E-state index in [1.165, 1.54) is 12.3 Å². The molecule has 0 aromatic carbocycles. The Labute approximate surface area is 104 Å². The molecular weight excluding hydrogens is 234 g/mol. The number of nitrogens with one attached hydrogen (secondary N) is 3. The molecule has 2 rings (SSSR count). The van der Waals surface area contributed by atoms with Crippen molar-refractivity contribution in [1.29, 1.82) is 0 Å². The number of aromatic nitrogens is 1. The van der Waals surface area contributed by atoms with E-state index in [1.807, 2.05) is 0 Å². The molecule has 0 unspecified atom stereocenters. The third-order valence-corrected chi connectivity index (χ3v) is 2.66. The lowest BCUT2D eigenvalue weighted by molar-refractivity contribution is 0.0950. The Balaban J connectivity index is 2.21. The summed E-state index contributed by atoms with van der Waals surface area (Å²) in [5.74, 6) is -0.737. The Morgan fingerprint density at radius 3 is 2.72 bits per heavy atom. The molecule has 0 spiro atoms. The summed E-state index contributed by atoms with van der Waals surface area (Å²) in [5, 5.41) is 5.33. The van der Waals surface area contributed by atoms with Gasteiger partial charge in [-0.3, -0.25) is 14.4 Å². The van der Waals surface area contributed by atoms with Crippen LogP contribution in [0.2, 0.25) is 0 Å². The summed E-state index contributed by atoms with van der Waals surface area (Å²) in [6.07, 6.45) is 3.29. The Hall–Kier alpha value is -2.11. The summed E-state index contributed by atoms with van der Waals surface area (Å²) in [7, 11) is 0. The molecule has 96 valence electrons. The molecule has 2 amide bonds. The molecule has 1 aliphatic carbocycles. The number of H-pyrrole nitrogens is 1. The van der Waals surface area contributed by atoms with Crippen LogP contribution in [0.25, 0.3) is 0 Å². The summed E-state index contributed by atoms with van der Waals surface area (Å²) in [6.45, 7) is 2.19. The van der Waals surface area contributed by atoms with E-state index in [0.29, 0.717) is 12.1 Å². The van der Waals surface area contributed by atoms with Crippen LogP contribution >= 0.6 is 0 Å². The predicted octanol–water partition coefficient (Wildman–Crippen LogP) is 0.0168. The molecule has 1 heterocycles. The molecule has 0 bridgehead atoms. The molecule has 1 aromatic rings. The molecule has 6 nitrogen and oxygen atoms in total. The highest BCUT2D eigenvalue weighted by Crippen LogP contribution is 2.19. The van der Waals surface area contributed by atoms with Crippen LogP contribution < -0.4 is 16.2 Å². The summed E-state index contributed by atoms with van der Waals surface area (Å²) in [6, 6.07) is 1.55. The number of hydrogen-bond donors (Lipinski definition) is 3. The largest absolute Gasteiger partial charge is 0.352 e. The highest BCUT2D eigenvalue weighted by molar-refractivity contribution is 5.99. The van der Waals surface area contributed by atoms with Crippen molar-refractivity contribution >= 4 is 11.8 Å². The van der Waals surface area contributed by atoms with E-state index in [0.717, 1.165) is 12.8 Å². The minimum absolute atomic E-state index is 0.0414. The highest BCUT2D eigenvalue weighted by Gasteiger charge is 2.24. The minimum atomic E-state index is -0.496. The Kier molecular flexibility index (Phi) is 3.45. The smallest absolute Gasteiger partial charge is 0.260 e. The average molecular weight is 249 g/mol. The molecule has 18 heavy (non-hydrogen) atoms. The van der Waals surface area contributed by atoms with Gasteiger partial charge in [-0.15, -0.1) is 0 Å². The fraction of sp³-hybridized carbons (Fsp3) is 0.417. The SMILES string of the molecule is CCNC(=O)c1cc(C(=O)NC2CC2)c[nH]c1=O. The third-order valence-electron chi connectivity index (χ3n) is 2.66. The second-order valence-corrected chi connectivity index (χ2v) is 4.24. The first-order valence-corrected chi connectivity index (χ1v) is 5.93. The van der Waals surface area contributed by atoms with Gasteiger partial charge in [0.2, 0.25) is 0 Å². The van der Waals surface area contributed by atoms with Crippen molar-refractivity contribution in [2.45, 2.75) is 25.8 Å². The standard InChI is InChI=1S/C12H15N3O3/c1-2-13-11(17)9-5-7(6-14-12(9)18)10(16)15-8-3-4-8/h5-6,8H,2-4H2,1H3,(H,13,17)(H,14,18)(H,15,16). The van der Waals surface area contributed by atoms with E-state index in [1.54, 1.807) is 6.92 Å². The molecular formula is C12H15N3O3. The van der Waals surface area contributed by atoms with Crippen molar-refractivity contribution in [1.82, 2.24) is 15.6 Å². The van der Waals surface area contributed by atoms with Crippen molar-refractivity contribution in [3.8, 4) is 0 Å². The molecule has 0 aliphatic heterocycles. The second kappa shape index (κ2) is 5.03. The molecule has 0 radical (unpaired) electrons. The van der Waals surface area contributed by atoms with Crippen LogP contribution in [0, 0.1) is 0 Å². The molecule has 1 saturated carbocycles. The topological polar surface area (TPSA) is 91.1 Å². The minimum Gasteiger partial charge on any atom is -0.352 e. The van der Waals surface area contributed by atoms with Gasteiger partial charge >= 0.3 is 0 Å². The van der Waals surface area contributed by atoms with Gasteiger partial charge in [-0.05, 0) is 25.8 Å². The maximum atomic E-state index is 11.8. The summed E-state index contributed by atoms with van der Waals surface area (Å²) in [4.78, 5) is 37.3. The van der Waals surface area contributed by atoms with E-state index >= 15 is 0 Å². The van der Waals surface area contributed by atoms with Gasteiger partial charge in [-0.25, -0.2) is 0 Å². The van der Waals surface area contributed by atoms with Crippen LogP contribution in [0.5, 0.6) is 0 Å². The number of aromatic amines is 1. The summed E-state index contributed by atoms with van der Waals surface area (Å²) >= 11 is 0. The van der Waals surface area contributed by atoms with Crippen LogP contribution in [-0.4, -0.2) is 29.4 Å². The van der Waals surface area contributed by atoms with Gasteiger partial charge in [-0.2, -0.15) is 0 Å². The van der Waals surface area contributed by atoms with E-state index in [2.05, 4.69) is 15.6 Å². The van der Waals surface area contributed by atoms with Crippen LogP contribution in [0.3, 0.4) is 0 Å². The van der Waals surface area contributed by atoms with Gasteiger partial charge in [0.25, 0.3) is 17.4 Å². The molecule has 0 saturated heterocycles. The quantitative estimate of drug-likeness (QED) is 0.702. The highest BCUT2D eigenvalue weighted by atomic mass is 16.2. The van der Waals surface area contributed by atoms with Gasteiger partial charge in [0.15, 0.2) is 0 Å². The van der Waals surface area contributed by atoms with Gasteiger partial charge in [0.1, 0.15) is 5.56 Å². The number of pyridine rings is 1. The normalized spacial score (nSPS) is 14.1. The van der Waals surface area contributed by atoms with E-state index in [9.17, 15) is 14.4 Å². The molecule has 1 aromatic heterocycles. The fourth-order valence-electron chi connectivity index (χ4n) is 1.54. The zero-order chi connectivity index (χ0) is 13.1. The first kappa shape index (κ1) is 12.3. The first-order valence-electron chi connectivity index (χ1n) is 5.93. The average Bonchev–Trinajstić information content (AvgIpc) is 3.13. The van der Waals surface area contributed by atoms with Gasteiger partial charge in [0, 0.05) is 18.8 Å². The van der Waals surface area contributed by atoms with Crippen LogP contribution in [0.4, 0.5) is 0 Å². The van der Waals surface area contributed by atoms with Crippen LogP contribution in [0.1, 0.15) is 40.5 Å². The molecule has 1 aliphatic rings. The fourth-order valence-corrected chi connectivity index (χ4v) is 1.54. The van der Waals surface area contributed by atoms with Gasteiger partial charge < -0.3 is 15.6 Å². The molecule has 0 atom stereocenters. The maximum Gasteiger partial charge on any atom is 0.260 e. The van der Waals surface area contributed by atoms with Crippen molar-refractivity contribution in [3.63, 3.8) is 0 Å². The zero-order valence-electron chi connectivity index (χ0n) is 10.1. The van der Waals surface area contributed by atoms with Crippen molar-refractivity contribution in [2.24, 2.45) is 0 Å². The lowest BCUT2D eigenvalue weighted by Crippen LogP contribution is -2.31. The Morgan fingerprint density at radius 1 is 1.39 bits per heavy atom. The monoisotopic (exact) mass is 249 g/mol. The third kappa shape index (κ3) is 2.77. The van der Waals surface area contributed by atoms with E-state index in [-0.39, 0.29) is 17.5 Å². The lowest BCUT2D eigenvalue weighted by Gasteiger charge is -2.05. The van der Waals surface area contributed by atoms with Crippen LogP contribution in [0.15, 0.2) is 17.1 Å². The van der Waals surface area contributed by atoms with Gasteiger partial charge in [0.05, 0.1) is 5.56 Å². The number of amides is 2. The predicted molar refractivity (Wildman–Crippen MR) is 65.6 cm³/mol. The first-order chi connectivity index (χ1) is 8.61. The number of rotatable bonds is 4. The van der Waals surface area contributed by atoms with E-state index < -0.39 is 11.5 Å². The molecule has 6 heteroatoms. The summed E-state index contributed by atoms with van der Waals surface area (Å²) in [5.41, 5.74) is -0.244. The van der Waals surface area contributed by atoms with Crippen LogP contribution in [-0.2, 0) is 0 Å². The molecule has 3 N–H and O–H groups in total. The Morgan fingerprint density at radius 2 is 2.11 bits per heavy atom. The maximum absolute atomic E-state index is 11.8. The summed E-state index contributed by atoms with van der Waals surface area (Å²) < 4.78 is 0. The Bertz CT molecular complexity index is 532. The number of carbonyl (C=O) groups is 2. The zero-order valence-corrected chi connectivity index (χ0v) is 10.1. The number of hydrogen-bond acceptors (Lipinski definition) is 3. The van der Waals surface area contributed by atoms with Crippen molar-refractivity contribution in [3.05, 3.63) is 33.7 Å². The van der Waals surface area contributed by atoms with E-state index in [4.69, 9.17) is 0 Å². The lowest BCUT2D eigenvalue weighted by atomic mass is 10.2. The second-order valence-electron chi connectivity index (χ2n) is 4.24. The number of carbonyl (C=O) groups excluding carboxylic acids is 2. The van der Waals surface area contributed by atoms with Gasteiger partial charge in [-0.1, -0.05) is 0 Å². The van der Waals surface area contributed by atoms with Crippen molar-refractivity contribution in [2.75, 3.05) is 6.54 Å². The van der Waals surface area contributed by atoms with Crippen molar-refractivity contribution < 1.29 is 9.59 Å².